The Hall–Kier alpha value is -2.76. The zero-order valence-corrected chi connectivity index (χ0v) is 14.4. The molecule has 0 aliphatic heterocycles. The van der Waals surface area contributed by atoms with Crippen LogP contribution in [0.2, 0.25) is 4.34 Å². The van der Waals surface area contributed by atoms with Crippen molar-refractivity contribution in [3.63, 3.8) is 0 Å². The Bertz CT molecular complexity index is 1090. The molecule has 2 heterocycles. The van der Waals surface area contributed by atoms with E-state index in [1.807, 2.05) is 48.5 Å². The summed E-state index contributed by atoms with van der Waals surface area (Å²) in [5.41, 5.74) is 3.47. The molecule has 0 amide bonds. The average Bonchev–Trinajstić information content (AvgIpc) is 3.07. The van der Waals surface area contributed by atoms with E-state index < -0.39 is 0 Å². The van der Waals surface area contributed by atoms with Crippen LogP contribution in [0.4, 0.5) is 5.69 Å². The molecular formula is C19H11ClN2O2S. The van der Waals surface area contributed by atoms with E-state index in [0.717, 1.165) is 27.1 Å². The van der Waals surface area contributed by atoms with Crippen molar-refractivity contribution in [2.75, 3.05) is 0 Å². The lowest BCUT2D eigenvalue weighted by Gasteiger charge is -2.09. The van der Waals surface area contributed by atoms with E-state index in [1.165, 1.54) is 17.4 Å². The van der Waals surface area contributed by atoms with Gasteiger partial charge in [-0.1, -0.05) is 41.9 Å². The summed E-state index contributed by atoms with van der Waals surface area (Å²) in [5, 5.41) is 11.9. The number of aromatic nitrogens is 1. The average molecular weight is 367 g/mol. The number of hydrogen-bond donors (Lipinski definition) is 0. The SMILES string of the molecule is O=[N+]([O-])c1ccc2nc(-c3ccc(Cl)s3)cc(-c3ccccc3)c2c1. The van der Waals surface area contributed by atoms with Crippen LogP contribution < -0.4 is 0 Å². The van der Waals surface area contributed by atoms with Crippen LogP contribution in [0, 0.1) is 10.1 Å². The molecule has 0 bridgehead atoms. The highest BCUT2D eigenvalue weighted by Crippen LogP contribution is 2.36. The first-order valence-corrected chi connectivity index (χ1v) is 8.71. The first-order valence-electron chi connectivity index (χ1n) is 7.52. The van der Waals surface area contributed by atoms with Crippen LogP contribution >= 0.6 is 22.9 Å². The minimum Gasteiger partial charge on any atom is -0.258 e. The monoisotopic (exact) mass is 366 g/mol. The van der Waals surface area contributed by atoms with Gasteiger partial charge in [-0.2, -0.15) is 0 Å². The number of nitrogens with zero attached hydrogens (tertiary/aromatic N) is 2. The number of halogens is 1. The highest BCUT2D eigenvalue weighted by Gasteiger charge is 2.14. The van der Waals surface area contributed by atoms with Crippen LogP contribution in [0.3, 0.4) is 0 Å². The summed E-state index contributed by atoms with van der Waals surface area (Å²) in [4.78, 5) is 16.4. The number of nitro groups is 1. The van der Waals surface area contributed by atoms with Gasteiger partial charge in [-0.25, -0.2) is 4.98 Å². The molecule has 2 aromatic heterocycles. The number of non-ortho nitro benzene ring substituents is 1. The molecule has 2 aromatic carbocycles. The summed E-state index contributed by atoms with van der Waals surface area (Å²) < 4.78 is 0.696. The molecule has 0 spiro atoms. The van der Waals surface area contributed by atoms with Gasteiger partial charge >= 0.3 is 0 Å². The first kappa shape index (κ1) is 15.7. The van der Waals surface area contributed by atoms with Crippen molar-refractivity contribution in [3.05, 3.63) is 81.2 Å². The normalized spacial score (nSPS) is 10.9. The molecule has 122 valence electrons. The van der Waals surface area contributed by atoms with Gasteiger partial charge in [0.15, 0.2) is 0 Å². The minimum absolute atomic E-state index is 0.0541. The molecule has 25 heavy (non-hydrogen) atoms. The van der Waals surface area contributed by atoms with Crippen LogP contribution in [0.25, 0.3) is 32.6 Å². The van der Waals surface area contributed by atoms with Gasteiger partial charge in [0.2, 0.25) is 0 Å². The van der Waals surface area contributed by atoms with E-state index in [-0.39, 0.29) is 10.6 Å². The van der Waals surface area contributed by atoms with E-state index >= 15 is 0 Å². The standard InChI is InChI=1S/C19H11ClN2O2S/c20-19-9-8-18(25-19)17-11-14(12-4-2-1-3-5-12)15-10-13(22(23)24)6-7-16(15)21-17/h1-11H. The van der Waals surface area contributed by atoms with Gasteiger partial charge in [-0.3, -0.25) is 10.1 Å². The molecular weight excluding hydrogens is 356 g/mol. The van der Waals surface area contributed by atoms with E-state index in [0.29, 0.717) is 9.85 Å². The molecule has 0 aliphatic rings. The largest absolute Gasteiger partial charge is 0.270 e. The maximum absolute atomic E-state index is 11.2. The smallest absolute Gasteiger partial charge is 0.258 e. The van der Waals surface area contributed by atoms with Crippen LogP contribution in [-0.4, -0.2) is 9.91 Å². The molecule has 6 heteroatoms. The predicted octanol–water partition coefficient (Wildman–Crippen LogP) is 6.19. The van der Waals surface area contributed by atoms with Gasteiger partial charge in [-0.15, -0.1) is 11.3 Å². The van der Waals surface area contributed by atoms with Gasteiger partial charge < -0.3 is 0 Å². The van der Waals surface area contributed by atoms with Crippen molar-refractivity contribution in [3.8, 4) is 21.7 Å². The van der Waals surface area contributed by atoms with Crippen LogP contribution in [0.1, 0.15) is 0 Å². The van der Waals surface area contributed by atoms with Gasteiger partial charge in [0, 0.05) is 17.5 Å². The summed E-state index contributed by atoms with van der Waals surface area (Å²) in [6.45, 7) is 0. The quantitative estimate of drug-likeness (QED) is 0.320. The summed E-state index contributed by atoms with van der Waals surface area (Å²) in [7, 11) is 0. The van der Waals surface area contributed by atoms with Gasteiger partial charge in [0.1, 0.15) is 0 Å². The van der Waals surface area contributed by atoms with E-state index in [1.54, 1.807) is 12.1 Å². The molecule has 0 atom stereocenters. The van der Waals surface area contributed by atoms with Crippen LogP contribution in [0.15, 0.2) is 66.7 Å². The molecule has 4 nitrogen and oxygen atoms in total. The molecule has 0 saturated carbocycles. The number of pyridine rings is 1. The number of hydrogen-bond acceptors (Lipinski definition) is 4. The zero-order chi connectivity index (χ0) is 17.4. The first-order chi connectivity index (χ1) is 12.1. The van der Waals surface area contributed by atoms with Gasteiger partial charge in [0.05, 0.1) is 25.3 Å². The zero-order valence-electron chi connectivity index (χ0n) is 12.8. The molecule has 0 N–H and O–H groups in total. The van der Waals surface area contributed by atoms with Gasteiger partial charge in [-0.05, 0) is 35.4 Å². The molecule has 0 fully saturated rings. The third-order valence-corrected chi connectivity index (χ3v) is 5.17. The Kier molecular flexibility index (Phi) is 3.95. The Morgan fingerprint density at radius 1 is 1.00 bits per heavy atom. The van der Waals surface area contributed by atoms with Gasteiger partial charge in [0.25, 0.3) is 5.69 Å². The number of benzene rings is 2. The van der Waals surface area contributed by atoms with E-state index in [2.05, 4.69) is 4.98 Å². The van der Waals surface area contributed by atoms with Crippen molar-refractivity contribution in [1.82, 2.24) is 4.98 Å². The number of nitro benzene ring substituents is 1. The second-order valence-electron chi connectivity index (χ2n) is 5.48. The fourth-order valence-electron chi connectivity index (χ4n) is 2.76. The highest BCUT2D eigenvalue weighted by atomic mass is 35.5. The lowest BCUT2D eigenvalue weighted by Crippen LogP contribution is -1.92. The van der Waals surface area contributed by atoms with E-state index in [4.69, 9.17) is 11.6 Å². The second-order valence-corrected chi connectivity index (χ2v) is 7.20. The molecule has 0 unspecified atom stereocenters. The summed E-state index contributed by atoms with van der Waals surface area (Å²) >= 11 is 7.51. The highest BCUT2D eigenvalue weighted by molar-refractivity contribution is 7.19. The van der Waals surface area contributed by atoms with Crippen LogP contribution in [-0.2, 0) is 0 Å². The molecule has 4 aromatic rings. The molecule has 4 rings (SSSR count). The lowest BCUT2D eigenvalue weighted by atomic mass is 9.99. The number of fused-ring (bicyclic) bond motifs is 1. The van der Waals surface area contributed by atoms with Crippen LogP contribution in [0.5, 0.6) is 0 Å². The van der Waals surface area contributed by atoms with Crippen molar-refractivity contribution >= 4 is 39.5 Å². The Morgan fingerprint density at radius 3 is 2.48 bits per heavy atom. The Labute approximate surface area is 152 Å². The fourth-order valence-corrected chi connectivity index (χ4v) is 3.77. The second kappa shape index (κ2) is 6.27. The number of rotatable bonds is 3. The summed E-state index contributed by atoms with van der Waals surface area (Å²) in [6, 6.07) is 20.3. The van der Waals surface area contributed by atoms with Crippen molar-refractivity contribution in [2.45, 2.75) is 0 Å². The summed E-state index contributed by atoms with van der Waals surface area (Å²) in [5.74, 6) is 0. The fraction of sp³-hybridized carbons (Fsp3) is 0. The lowest BCUT2D eigenvalue weighted by molar-refractivity contribution is -0.384. The number of thiophene rings is 1. The van der Waals surface area contributed by atoms with E-state index in [9.17, 15) is 10.1 Å². The minimum atomic E-state index is -0.388. The molecule has 0 saturated heterocycles. The third-order valence-electron chi connectivity index (χ3n) is 3.91. The molecule has 0 aliphatic carbocycles. The van der Waals surface area contributed by atoms with Crippen molar-refractivity contribution < 1.29 is 4.92 Å². The maximum atomic E-state index is 11.2. The third kappa shape index (κ3) is 2.99. The topological polar surface area (TPSA) is 56.0 Å². The maximum Gasteiger partial charge on any atom is 0.270 e. The molecule has 0 radical (unpaired) electrons. The van der Waals surface area contributed by atoms with Crippen molar-refractivity contribution in [1.29, 1.82) is 0 Å². The Morgan fingerprint density at radius 2 is 1.80 bits per heavy atom. The Balaban J connectivity index is 2.02. The summed E-state index contributed by atoms with van der Waals surface area (Å²) in [6.07, 6.45) is 0. The van der Waals surface area contributed by atoms with Crippen molar-refractivity contribution in [2.24, 2.45) is 0 Å². The predicted molar refractivity (Wildman–Crippen MR) is 102 cm³/mol.